The molecule has 0 amide bonds. The van der Waals surface area contributed by atoms with E-state index in [0.717, 1.165) is 0 Å². The molecule has 0 aliphatic carbocycles. The molecule has 1 rings (SSSR count). The van der Waals surface area contributed by atoms with Crippen LogP contribution in [0.15, 0.2) is 12.1 Å². The zero-order valence-electron chi connectivity index (χ0n) is 13.1. The van der Waals surface area contributed by atoms with Crippen LogP contribution in [0.2, 0.25) is 0 Å². The Hall–Kier alpha value is -2.13. The third-order valence-corrected chi connectivity index (χ3v) is 2.75. The lowest BCUT2D eigenvalue weighted by Crippen LogP contribution is -2.37. The average molecular weight is 294 g/mol. The van der Waals surface area contributed by atoms with Gasteiger partial charge in [0.05, 0.1) is 27.4 Å². The molecule has 1 unspecified atom stereocenters. The van der Waals surface area contributed by atoms with Crippen LogP contribution in [0.1, 0.15) is 13.8 Å². The standard InChI is InChI=1S/C15H22N2O4/c1-10(2)17-11(8-16)9-21-12-6-13(18-3)15(20-5)14(7-12)19-4/h6-7,10-11,17H,9H2,1-5H3. The summed E-state index contributed by atoms with van der Waals surface area (Å²) in [6.07, 6.45) is 0. The number of benzene rings is 1. The molecule has 0 heterocycles. The lowest BCUT2D eigenvalue weighted by molar-refractivity contribution is 0.274. The van der Waals surface area contributed by atoms with Gasteiger partial charge in [0, 0.05) is 18.2 Å². The van der Waals surface area contributed by atoms with E-state index in [2.05, 4.69) is 11.4 Å². The maximum atomic E-state index is 9.07. The summed E-state index contributed by atoms with van der Waals surface area (Å²) < 4.78 is 21.4. The van der Waals surface area contributed by atoms with E-state index < -0.39 is 0 Å². The molecule has 0 aromatic heterocycles. The number of nitrogens with one attached hydrogen (secondary N) is 1. The van der Waals surface area contributed by atoms with Gasteiger partial charge < -0.3 is 18.9 Å². The van der Waals surface area contributed by atoms with Crippen LogP contribution in [0.5, 0.6) is 23.0 Å². The Morgan fingerprint density at radius 1 is 1.10 bits per heavy atom. The molecule has 0 saturated carbocycles. The number of hydrogen-bond donors (Lipinski definition) is 1. The second-order valence-electron chi connectivity index (χ2n) is 4.68. The summed E-state index contributed by atoms with van der Waals surface area (Å²) in [7, 11) is 4.62. The van der Waals surface area contributed by atoms with Crippen LogP contribution in [-0.2, 0) is 0 Å². The van der Waals surface area contributed by atoms with E-state index >= 15 is 0 Å². The minimum Gasteiger partial charge on any atom is -0.493 e. The third-order valence-electron chi connectivity index (χ3n) is 2.75. The molecule has 0 aliphatic heterocycles. The molecule has 21 heavy (non-hydrogen) atoms. The van der Waals surface area contributed by atoms with Gasteiger partial charge in [0.25, 0.3) is 0 Å². The molecule has 1 N–H and O–H groups in total. The fourth-order valence-electron chi connectivity index (χ4n) is 1.84. The van der Waals surface area contributed by atoms with Crippen molar-refractivity contribution in [2.45, 2.75) is 25.9 Å². The van der Waals surface area contributed by atoms with Crippen molar-refractivity contribution in [3.63, 3.8) is 0 Å². The highest BCUT2D eigenvalue weighted by atomic mass is 16.5. The SMILES string of the molecule is COc1cc(OCC(C#N)NC(C)C)cc(OC)c1OC. The molecule has 1 atom stereocenters. The molecule has 1 aromatic rings. The van der Waals surface area contributed by atoms with Gasteiger partial charge in [-0.05, 0) is 13.8 Å². The lowest BCUT2D eigenvalue weighted by atomic mass is 10.2. The molecule has 116 valence electrons. The van der Waals surface area contributed by atoms with Crippen molar-refractivity contribution < 1.29 is 18.9 Å². The van der Waals surface area contributed by atoms with Crippen LogP contribution in [-0.4, -0.2) is 40.0 Å². The molecule has 0 radical (unpaired) electrons. The summed E-state index contributed by atoms with van der Waals surface area (Å²) in [5, 5.41) is 12.2. The molecule has 0 saturated heterocycles. The quantitative estimate of drug-likeness (QED) is 0.790. The summed E-state index contributed by atoms with van der Waals surface area (Å²) in [5.41, 5.74) is 0. The van der Waals surface area contributed by atoms with Gasteiger partial charge in [-0.15, -0.1) is 0 Å². The Balaban J connectivity index is 2.86. The van der Waals surface area contributed by atoms with E-state index in [1.807, 2.05) is 13.8 Å². The first-order chi connectivity index (χ1) is 10.0. The van der Waals surface area contributed by atoms with E-state index in [9.17, 15) is 0 Å². The van der Waals surface area contributed by atoms with Crippen LogP contribution in [0.25, 0.3) is 0 Å². The van der Waals surface area contributed by atoms with Crippen LogP contribution in [0, 0.1) is 11.3 Å². The van der Waals surface area contributed by atoms with Crippen LogP contribution >= 0.6 is 0 Å². The monoisotopic (exact) mass is 294 g/mol. The van der Waals surface area contributed by atoms with Gasteiger partial charge in [-0.1, -0.05) is 0 Å². The summed E-state index contributed by atoms with van der Waals surface area (Å²) >= 11 is 0. The number of nitrogens with zero attached hydrogens (tertiary/aromatic N) is 1. The van der Waals surface area contributed by atoms with Crippen molar-refractivity contribution in [3.8, 4) is 29.1 Å². The fourth-order valence-corrected chi connectivity index (χ4v) is 1.84. The van der Waals surface area contributed by atoms with E-state index in [1.165, 1.54) is 0 Å². The van der Waals surface area contributed by atoms with Crippen LogP contribution < -0.4 is 24.3 Å². The average Bonchev–Trinajstić information content (AvgIpc) is 2.49. The van der Waals surface area contributed by atoms with Crippen LogP contribution in [0.3, 0.4) is 0 Å². The summed E-state index contributed by atoms with van der Waals surface area (Å²) in [6, 6.07) is 5.38. The van der Waals surface area contributed by atoms with E-state index in [4.69, 9.17) is 24.2 Å². The normalized spacial score (nSPS) is 11.7. The van der Waals surface area contributed by atoms with Gasteiger partial charge in [0.2, 0.25) is 5.75 Å². The van der Waals surface area contributed by atoms with Crippen molar-refractivity contribution in [1.82, 2.24) is 5.32 Å². The third kappa shape index (κ3) is 4.72. The Morgan fingerprint density at radius 3 is 2.05 bits per heavy atom. The van der Waals surface area contributed by atoms with E-state index in [-0.39, 0.29) is 18.7 Å². The molecule has 1 aromatic carbocycles. The van der Waals surface area contributed by atoms with Gasteiger partial charge >= 0.3 is 0 Å². The zero-order chi connectivity index (χ0) is 15.8. The highest BCUT2D eigenvalue weighted by molar-refractivity contribution is 5.55. The molecule has 0 fully saturated rings. The lowest BCUT2D eigenvalue weighted by Gasteiger charge is -2.17. The first-order valence-electron chi connectivity index (χ1n) is 6.64. The number of hydrogen-bond acceptors (Lipinski definition) is 6. The predicted octanol–water partition coefficient (Wildman–Crippen LogP) is 1.98. The van der Waals surface area contributed by atoms with Gasteiger partial charge in [-0.25, -0.2) is 0 Å². The highest BCUT2D eigenvalue weighted by Crippen LogP contribution is 2.40. The first kappa shape index (κ1) is 16.9. The number of rotatable bonds is 8. The summed E-state index contributed by atoms with van der Waals surface area (Å²) in [5.74, 6) is 2.08. The largest absolute Gasteiger partial charge is 0.493 e. The van der Waals surface area contributed by atoms with E-state index in [0.29, 0.717) is 23.0 Å². The maximum Gasteiger partial charge on any atom is 0.203 e. The number of methoxy groups -OCH3 is 3. The molecule has 0 spiro atoms. The Labute approximate surface area is 125 Å². The Morgan fingerprint density at radius 2 is 1.67 bits per heavy atom. The van der Waals surface area contributed by atoms with Crippen molar-refractivity contribution >= 4 is 0 Å². The molecule has 6 nitrogen and oxygen atoms in total. The molecule has 0 bridgehead atoms. The van der Waals surface area contributed by atoms with Gasteiger partial charge in [0.1, 0.15) is 18.4 Å². The first-order valence-corrected chi connectivity index (χ1v) is 6.64. The smallest absolute Gasteiger partial charge is 0.203 e. The van der Waals surface area contributed by atoms with E-state index in [1.54, 1.807) is 33.5 Å². The molecular weight excluding hydrogens is 272 g/mol. The van der Waals surface area contributed by atoms with Crippen LogP contribution in [0.4, 0.5) is 0 Å². The summed E-state index contributed by atoms with van der Waals surface area (Å²) in [6.45, 7) is 4.18. The van der Waals surface area contributed by atoms with Gasteiger partial charge in [0.15, 0.2) is 11.5 Å². The zero-order valence-corrected chi connectivity index (χ0v) is 13.1. The topological polar surface area (TPSA) is 72.7 Å². The van der Waals surface area contributed by atoms with Gasteiger partial charge in [-0.3, -0.25) is 5.32 Å². The Bertz CT molecular complexity index is 472. The molecular formula is C15H22N2O4. The Kier molecular flexibility index (Phi) is 6.63. The number of nitriles is 1. The number of ether oxygens (including phenoxy) is 4. The summed E-state index contributed by atoms with van der Waals surface area (Å²) in [4.78, 5) is 0. The molecule has 0 aliphatic rings. The van der Waals surface area contributed by atoms with Crippen molar-refractivity contribution in [1.29, 1.82) is 5.26 Å². The van der Waals surface area contributed by atoms with Crippen molar-refractivity contribution in [2.24, 2.45) is 0 Å². The molecule has 6 heteroatoms. The van der Waals surface area contributed by atoms with Crippen molar-refractivity contribution in [3.05, 3.63) is 12.1 Å². The minimum atomic E-state index is -0.385. The van der Waals surface area contributed by atoms with Crippen molar-refractivity contribution in [2.75, 3.05) is 27.9 Å². The highest BCUT2D eigenvalue weighted by Gasteiger charge is 2.15. The second-order valence-corrected chi connectivity index (χ2v) is 4.68. The minimum absolute atomic E-state index is 0.207. The van der Waals surface area contributed by atoms with Gasteiger partial charge in [-0.2, -0.15) is 5.26 Å². The predicted molar refractivity (Wildman–Crippen MR) is 79.3 cm³/mol. The second kappa shape index (κ2) is 8.22. The maximum absolute atomic E-state index is 9.07. The fraction of sp³-hybridized carbons (Fsp3) is 0.533.